The maximum Gasteiger partial charge on any atom is 0.241 e. The third-order valence-electron chi connectivity index (χ3n) is 5.83. The Bertz CT molecular complexity index is 1120. The molecule has 2 fully saturated rings. The summed E-state index contributed by atoms with van der Waals surface area (Å²) in [6, 6.07) is 16.2. The van der Waals surface area contributed by atoms with Gasteiger partial charge >= 0.3 is 0 Å². The first-order valence-corrected chi connectivity index (χ1v) is 10.9. The summed E-state index contributed by atoms with van der Waals surface area (Å²) < 4.78 is 19.5. The van der Waals surface area contributed by atoms with E-state index in [0.29, 0.717) is 43.1 Å². The number of piperazine rings is 1. The molecule has 0 bridgehead atoms. The highest BCUT2D eigenvalue weighted by atomic mass is 35.5. The fourth-order valence-corrected chi connectivity index (χ4v) is 4.25. The fourth-order valence-electron chi connectivity index (χ4n) is 3.99. The maximum atomic E-state index is 14.3. The van der Waals surface area contributed by atoms with Crippen molar-refractivity contribution in [2.24, 2.45) is 0 Å². The predicted molar refractivity (Wildman–Crippen MR) is 123 cm³/mol. The molecule has 0 unspecified atom stereocenters. The van der Waals surface area contributed by atoms with Crippen molar-refractivity contribution in [3.8, 4) is 11.3 Å². The van der Waals surface area contributed by atoms with Crippen LogP contribution >= 0.6 is 11.6 Å². The minimum atomic E-state index is -0.416. The molecule has 2 aliphatic heterocycles. The summed E-state index contributed by atoms with van der Waals surface area (Å²) in [7, 11) is 0. The minimum absolute atomic E-state index is 0.101. The van der Waals surface area contributed by atoms with Gasteiger partial charge in [-0.3, -0.25) is 14.7 Å². The van der Waals surface area contributed by atoms with Gasteiger partial charge in [0, 0.05) is 36.3 Å². The Kier molecular flexibility index (Phi) is 5.78. The van der Waals surface area contributed by atoms with Crippen LogP contribution in [0.4, 0.5) is 21.5 Å². The van der Waals surface area contributed by atoms with Crippen LogP contribution in [0, 0.1) is 5.82 Å². The summed E-state index contributed by atoms with van der Waals surface area (Å²) in [6.45, 7) is 3.37. The van der Waals surface area contributed by atoms with E-state index >= 15 is 0 Å². The molecule has 6 nitrogen and oxygen atoms in total. The van der Waals surface area contributed by atoms with Gasteiger partial charge in [-0.2, -0.15) is 0 Å². The number of pyridine rings is 1. The molecule has 0 radical (unpaired) electrons. The van der Waals surface area contributed by atoms with E-state index in [0.717, 1.165) is 23.6 Å². The van der Waals surface area contributed by atoms with Crippen molar-refractivity contribution in [2.75, 3.05) is 43.1 Å². The molecule has 5 rings (SSSR count). The molecule has 3 aromatic rings. The van der Waals surface area contributed by atoms with Crippen LogP contribution in [0.1, 0.15) is 0 Å². The summed E-state index contributed by atoms with van der Waals surface area (Å²) in [5, 5.41) is 3.61. The lowest BCUT2D eigenvalue weighted by Gasteiger charge is -2.42. The number of anilines is 3. The molecule has 1 amide bonds. The largest absolute Gasteiger partial charge is 0.378 e. The van der Waals surface area contributed by atoms with Crippen LogP contribution in [0.2, 0.25) is 5.02 Å². The maximum absolute atomic E-state index is 14.3. The molecule has 0 atom stereocenters. The van der Waals surface area contributed by atoms with E-state index in [1.54, 1.807) is 30.5 Å². The average molecular weight is 453 g/mol. The number of rotatable bonds is 5. The van der Waals surface area contributed by atoms with Crippen LogP contribution in [0.25, 0.3) is 11.3 Å². The fraction of sp³-hybridized carbons (Fsp3) is 0.250. The molecule has 0 aliphatic carbocycles. The summed E-state index contributed by atoms with van der Waals surface area (Å²) in [4.78, 5) is 20.9. The van der Waals surface area contributed by atoms with Crippen molar-refractivity contribution < 1.29 is 13.9 Å². The molecule has 2 aliphatic rings. The molecule has 0 spiro atoms. The van der Waals surface area contributed by atoms with Crippen LogP contribution in [0.3, 0.4) is 0 Å². The Labute approximate surface area is 190 Å². The Morgan fingerprint density at radius 1 is 1.06 bits per heavy atom. The Hall–Kier alpha value is -3.00. The van der Waals surface area contributed by atoms with Crippen molar-refractivity contribution in [2.45, 2.75) is 6.04 Å². The second-order valence-corrected chi connectivity index (χ2v) is 8.31. The number of benzene rings is 2. The van der Waals surface area contributed by atoms with E-state index in [-0.39, 0.29) is 11.5 Å². The summed E-state index contributed by atoms with van der Waals surface area (Å²) >= 11 is 6.18. The van der Waals surface area contributed by atoms with Crippen LogP contribution in [0.5, 0.6) is 0 Å². The number of nitrogens with zero attached hydrogens (tertiary/aromatic N) is 3. The van der Waals surface area contributed by atoms with Crippen molar-refractivity contribution in [3.05, 3.63) is 71.6 Å². The van der Waals surface area contributed by atoms with Crippen LogP contribution in [-0.2, 0) is 9.53 Å². The monoisotopic (exact) mass is 452 g/mol. The van der Waals surface area contributed by atoms with Crippen molar-refractivity contribution in [3.63, 3.8) is 0 Å². The van der Waals surface area contributed by atoms with Crippen molar-refractivity contribution >= 4 is 34.6 Å². The third-order valence-corrected chi connectivity index (χ3v) is 6.15. The molecule has 32 heavy (non-hydrogen) atoms. The van der Waals surface area contributed by atoms with Crippen molar-refractivity contribution in [1.29, 1.82) is 0 Å². The second-order valence-electron chi connectivity index (χ2n) is 7.91. The van der Waals surface area contributed by atoms with Crippen molar-refractivity contribution in [1.82, 2.24) is 9.88 Å². The highest BCUT2D eigenvalue weighted by molar-refractivity contribution is 6.33. The van der Waals surface area contributed by atoms with E-state index in [9.17, 15) is 9.18 Å². The quantitative estimate of drug-likeness (QED) is 0.624. The molecule has 2 saturated heterocycles. The van der Waals surface area contributed by atoms with Crippen LogP contribution in [0.15, 0.2) is 60.8 Å². The second kappa shape index (κ2) is 8.86. The van der Waals surface area contributed by atoms with Gasteiger partial charge in [0.1, 0.15) is 5.82 Å². The number of aromatic nitrogens is 1. The molecule has 8 heteroatoms. The Morgan fingerprint density at radius 3 is 2.56 bits per heavy atom. The standard InChI is InChI=1S/C24H22ClFN4O2/c25-20-2-1-3-21(26)24(20)22-12-17(8-9-27-22)28-16-4-6-18(7-5-16)30-11-10-29(13-23(30)31)19-14-32-15-19/h1-9,12,19H,10-11,13-15H2,(H,27,28). The minimum Gasteiger partial charge on any atom is -0.378 e. The Balaban J connectivity index is 1.28. The first-order chi connectivity index (χ1) is 15.6. The van der Waals surface area contributed by atoms with E-state index in [1.807, 2.05) is 29.2 Å². The summed E-state index contributed by atoms with van der Waals surface area (Å²) in [6.07, 6.45) is 1.61. The van der Waals surface area contributed by atoms with Gasteiger partial charge in [-0.15, -0.1) is 0 Å². The first-order valence-electron chi connectivity index (χ1n) is 10.5. The SMILES string of the molecule is O=C1CN(C2COC2)CCN1c1ccc(Nc2ccnc(-c3c(F)cccc3Cl)c2)cc1. The highest BCUT2D eigenvalue weighted by Gasteiger charge is 2.33. The number of ether oxygens (including phenoxy) is 1. The number of carbonyl (C=O) groups is 1. The number of amides is 1. The molecule has 3 heterocycles. The Morgan fingerprint density at radius 2 is 1.88 bits per heavy atom. The van der Waals surface area contributed by atoms with Gasteiger partial charge in [-0.05, 0) is 48.5 Å². The number of hydrogen-bond donors (Lipinski definition) is 1. The molecular weight excluding hydrogens is 431 g/mol. The van der Waals surface area contributed by atoms with Gasteiger partial charge in [0.2, 0.25) is 5.91 Å². The smallest absolute Gasteiger partial charge is 0.241 e. The number of halogens is 2. The normalized spacial score (nSPS) is 17.3. The molecule has 164 valence electrons. The van der Waals surface area contributed by atoms with E-state index in [2.05, 4.69) is 15.2 Å². The lowest BCUT2D eigenvalue weighted by atomic mass is 10.1. The highest BCUT2D eigenvalue weighted by Crippen LogP contribution is 2.31. The lowest BCUT2D eigenvalue weighted by molar-refractivity contribution is -0.127. The molecule has 2 aromatic carbocycles. The number of nitrogens with one attached hydrogen (secondary N) is 1. The molecule has 1 aromatic heterocycles. The zero-order valence-electron chi connectivity index (χ0n) is 17.3. The number of carbonyl (C=O) groups excluding carboxylic acids is 1. The molecular formula is C24H22ClFN4O2. The zero-order chi connectivity index (χ0) is 22.1. The average Bonchev–Trinajstić information content (AvgIpc) is 2.74. The van der Waals surface area contributed by atoms with Gasteiger partial charge in [0.15, 0.2) is 0 Å². The van der Waals surface area contributed by atoms with Crippen LogP contribution in [-0.4, -0.2) is 54.7 Å². The zero-order valence-corrected chi connectivity index (χ0v) is 18.1. The van der Waals surface area contributed by atoms with Gasteiger partial charge in [0.25, 0.3) is 0 Å². The van der Waals surface area contributed by atoms with Gasteiger partial charge in [-0.25, -0.2) is 4.39 Å². The third kappa shape index (κ3) is 4.19. The van der Waals surface area contributed by atoms with Gasteiger partial charge in [0.05, 0.1) is 42.1 Å². The van der Waals surface area contributed by atoms with Gasteiger partial charge in [-0.1, -0.05) is 17.7 Å². The number of hydrogen-bond acceptors (Lipinski definition) is 5. The predicted octanol–water partition coefficient (Wildman–Crippen LogP) is 4.33. The van der Waals surface area contributed by atoms with Crippen LogP contribution < -0.4 is 10.2 Å². The molecule has 0 saturated carbocycles. The van der Waals surface area contributed by atoms with E-state index in [4.69, 9.17) is 16.3 Å². The lowest BCUT2D eigenvalue weighted by Crippen LogP contribution is -2.58. The van der Waals surface area contributed by atoms with E-state index < -0.39 is 5.82 Å². The summed E-state index contributed by atoms with van der Waals surface area (Å²) in [5.74, 6) is -0.314. The van der Waals surface area contributed by atoms with E-state index in [1.165, 1.54) is 6.07 Å². The van der Waals surface area contributed by atoms with Gasteiger partial charge < -0.3 is 15.0 Å². The molecule has 1 N–H and O–H groups in total. The first kappa shape index (κ1) is 20.9. The summed E-state index contributed by atoms with van der Waals surface area (Å²) in [5.41, 5.74) is 3.21. The topological polar surface area (TPSA) is 57.7 Å².